The summed E-state index contributed by atoms with van der Waals surface area (Å²) in [6.45, 7) is 4.72. The first-order valence-electron chi connectivity index (χ1n) is 6.56. The number of carboxylic acids is 1. The lowest BCUT2D eigenvalue weighted by molar-refractivity contribution is -0.144. The number of rotatable bonds is 4. The molecule has 1 fully saturated rings. The standard InChI is InChI=1S/C14H19BrN2O2/c1-2-17-9-7-14(8-10-17,13(18)19)16-12-6-4-3-5-11(12)15/h3-6,16H,2,7-10H2,1H3,(H,18,19). The van der Waals surface area contributed by atoms with Gasteiger partial charge >= 0.3 is 5.97 Å². The second kappa shape index (κ2) is 5.92. The van der Waals surface area contributed by atoms with Gasteiger partial charge in [0.25, 0.3) is 0 Å². The minimum absolute atomic E-state index is 0.623. The Bertz CT molecular complexity index is 457. The maximum atomic E-state index is 11.7. The zero-order chi connectivity index (χ0) is 13.9. The number of nitrogens with zero attached hydrogens (tertiary/aromatic N) is 1. The number of benzene rings is 1. The molecule has 0 aromatic heterocycles. The van der Waals surface area contributed by atoms with Gasteiger partial charge in [0.2, 0.25) is 0 Å². The van der Waals surface area contributed by atoms with Crippen LogP contribution in [0.5, 0.6) is 0 Å². The van der Waals surface area contributed by atoms with Crippen LogP contribution in [0.3, 0.4) is 0 Å². The molecule has 2 rings (SSSR count). The van der Waals surface area contributed by atoms with Gasteiger partial charge in [-0.15, -0.1) is 0 Å². The molecule has 0 atom stereocenters. The summed E-state index contributed by atoms with van der Waals surface area (Å²) in [6, 6.07) is 7.65. The fraction of sp³-hybridized carbons (Fsp3) is 0.500. The normalized spacial score (nSPS) is 19.1. The summed E-state index contributed by atoms with van der Waals surface area (Å²) < 4.78 is 0.897. The molecule has 1 aromatic rings. The van der Waals surface area contributed by atoms with Gasteiger partial charge in [0.05, 0.1) is 0 Å². The maximum absolute atomic E-state index is 11.7. The number of carbonyl (C=O) groups is 1. The summed E-state index contributed by atoms with van der Waals surface area (Å²) in [7, 11) is 0. The quantitative estimate of drug-likeness (QED) is 0.893. The van der Waals surface area contributed by atoms with E-state index in [1.807, 2.05) is 24.3 Å². The van der Waals surface area contributed by atoms with Crippen molar-refractivity contribution in [3.63, 3.8) is 0 Å². The third kappa shape index (κ3) is 3.09. The molecule has 0 saturated carbocycles. The Morgan fingerprint density at radius 1 is 1.42 bits per heavy atom. The fourth-order valence-corrected chi connectivity index (χ4v) is 2.85. The number of piperidine rings is 1. The van der Waals surface area contributed by atoms with Crippen molar-refractivity contribution < 1.29 is 9.90 Å². The Morgan fingerprint density at radius 3 is 2.58 bits per heavy atom. The number of para-hydroxylation sites is 1. The zero-order valence-electron chi connectivity index (χ0n) is 11.0. The molecule has 4 nitrogen and oxygen atoms in total. The minimum Gasteiger partial charge on any atom is -0.480 e. The molecular weight excluding hydrogens is 308 g/mol. The van der Waals surface area contributed by atoms with E-state index in [2.05, 4.69) is 33.1 Å². The third-order valence-electron chi connectivity index (χ3n) is 3.81. The van der Waals surface area contributed by atoms with Crippen LogP contribution in [0.2, 0.25) is 0 Å². The molecule has 0 bridgehead atoms. The Kier molecular flexibility index (Phi) is 4.47. The molecule has 1 saturated heterocycles. The first-order valence-corrected chi connectivity index (χ1v) is 7.35. The minimum atomic E-state index is -0.852. The molecule has 1 aliphatic heterocycles. The molecule has 0 amide bonds. The molecule has 1 aliphatic rings. The number of hydrogen-bond donors (Lipinski definition) is 2. The van der Waals surface area contributed by atoms with Gasteiger partial charge in [-0.1, -0.05) is 19.1 Å². The second-order valence-corrected chi connectivity index (χ2v) is 5.78. The Morgan fingerprint density at radius 2 is 2.05 bits per heavy atom. The van der Waals surface area contributed by atoms with Gasteiger partial charge in [0, 0.05) is 23.2 Å². The van der Waals surface area contributed by atoms with Gasteiger partial charge < -0.3 is 15.3 Å². The molecule has 5 heteroatoms. The van der Waals surface area contributed by atoms with Crippen LogP contribution in [-0.4, -0.2) is 41.1 Å². The van der Waals surface area contributed by atoms with Gasteiger partial charge in [-0.05, 0) is 47.4 Å². The number of hydrogen-bond acceptors (Lipinski definition) is 3. The van der Waals surface area contributed by atoms with Gasteiger partial charge in [0.1, 0.15) is 5.54 Å². The van der Waals surface area contributed by atoms with Gasteiger partial charge in [-0.3, -0.25) is 0 Å². The van der Waals surface area contributed by atoms with Crippen LogP contribution in [0.1, 0.15) is 19.8 Å². The van der Waals surface area contributed by atoms with E-state index in [0.717, 1.165) is 29.8 Å². The van der Waals surface area contributed by atoms with E-state index in [1.54, 1.807) is 0 Å². The van der Waals surface area contributed by atoms with E-state index in [-0.39, 0.29) is 0 Å². The number of aliphatic carboxylic acids is 1. The summed E-state index contributed by atoms with van der Waals surface area (Å²) in [5.41, 5.74) is -0.00919. The number of halogens is 1. The van der Waals surface area contributed by atoms with Crippen LogP contribution in [0.15, 0.2) is 28.7 Å². The van der Waals surface area contributed by atoms with E-state index >= 15 is 0 Å². The first kappa shape index (κ1) is 14.3. The fourth-order valence-electron chi connectivity index (χ4n) is 2.46. The van der Waals surface area contributed by atoms with Crippen molar-refractivity contribution in [2.45, 2.75) is 25.3 Å². The van der Waals surface area contributed by atoms with E-state index in [9.17, 15) is 9.90 Å². The van der Waals surface area contributed by atoms with Crippen LogP contribution in [0.25, 0.3) is 0 Å². The van der Waals surface area contributed by atoms with Crippen LogP contribution in [-0.2, 0) is 4.79 Å². The summed E-state index contributed by atoms with van der Waals surface area (Å²) in [4.78, 5) is 14.0. The van der Waals surface area contributed by atoms with Crippen LogP contribution >= 0.6 is 15.9 Å². The SMILES string of the molecule is CCN1CCC(Nc2ccccc2Br)(C(=O)O)CC1. The summed E-state index contributed by atoms with van der Waals surface area (Å²) >= 11 is 3.46. The topological polar surface area (TPSA) is 52.6 Å². The Hall–Kier alpha value is -1.07. The van der Waals surface area contributed by atoms with Crippen molar-refractivity contribution in [2.24, 2.45) is 0 Å². The summed E-state index contributed by atoms with van der Waals surface area (Å²) in [5, 5.41) is 12.8. The second-order valence-electron chi connectivity index (χ2n) is 4.93. The highest BCUT2D eigenvalue weighted by Crippen LogP contribution is 2.31. The van der Waals surface area contributed by atoms with Crippen LogP contribution in [0.4, 0.5) is 5.69 Å². The average Bonchev–Trinajstić information content (AvgIpc) is 2.42. The summed E-state index contributed by atoms with van der Waals surface area (Å²) in [6.07, 6.45) is 1.25. The number of nitrogens with one attached hydrogen (secondary N) is 1. The molecule has 1 aromatic carbocycles. The largest absolute Gasteiger partial charge is 0.480 e. The lowest BCUT2D eigenvalue weighted by Crippen LogP contribution is -2.54. The third-order valence-corrected chi connectivity index (χ3v) is 4.51. The van der Waals surface area contributed by atoms with Gasteiger partial charge in [-0.2, -0.15) is 0 Å². The van der Waals surface area contributed by atoms with Crippen molar-refractivity contribution in [1.29, 1.82) is 0 Å². The van der Waals surface area contributed by atoms with Crippen molar-refractivity contribution in [2.75, 3.05) is 25.0 Å². The van der Waals surface area contributed by atoms with E-state index in [1.165, 1.54) is 0 Å². The smallest absolute Gasteiger partial charge is 0.329 e. The average molecular weight is 327 g/mol. The van der Waals surface area contributed by atoms with Crippen molar-refractivity contribution in [3.8, 4) is 0 Å². The van der Waals surface area contributed by atoms with Crippen molar-refractivity contribution in [1.82, 2.24) is 4.90 Å². The molecule has 2 N–H and O–H groups in total. The highest BCUT2D eigenvalue weighted by atomic mass is 79.9. The van der Waals surface area contributed by atoms with Crippen molar-refractivity contribution in [3.05, 3.63) is 28.7 Å². The Labute approximate surface area is 121 Å². The maximum Gasteiger partial charge on any atom is 0.329 e. The van der Waals surface area contributed by atoms with E-state index < -0.39 is 11.5 Å². The predicted octanol–water partition coefficient (Wildman–Crippen LogP) is 2.80. The highest BCUT2D eigenvalue weighted by molar-refractivity contribution is 9.10. The molecule has 1 heterocycles. The first-order chi connectivity index (χ1) is 9.07. The molecular formula is C14H19BrN2O2. The molecule has 0 spiro atoms. The van der Waals surface area contributed by atoms with Crippen molar-refractivity contribution >= 4 is 27.6 Å². The Balaban J connectivity index is 2.18. The summed E-state index contributed by atoms with van der Waals surface area (Å²) in [5.74, 6) is -0.765. The highest BCUT2D eigenvalue weighted by Gasteiger charge is 2.41. The number of anilines is 1. The molecule has 104 valence electrons. The molecule has 0 unspecified atom stereocenters. The van der Waals surface area contributed by atoms with Crippen LogP contribution < -0.4 is 5.32 Å². The number of likely N-dealkylation sites (tertiary alicyclic amines) is 1. The van der Waals surface area contributed by atoms with Gasteiger partial charge in [0.15, 0.2) is 0 Å². The molecule has 19 heavy (non-hydrogen) atoms. The van der Waals surface area contributed by atoms with E-state index in [0.29, 0.717) is 12.8 Å². The van der Waals surface area contributed by atoms with Crippen LogP contribution in [0, 0.1) is 0 Å². The zero-order valence-corrected chi connectivity index (χ0v) is 12.6. The predicted molar refractivity (Wildman–Crippen MR) is 79.5 cm³/mol. The molecule has 0 radical (unpaired) electrons. The number of carboxylic acid groups (broad SMARTS) is 1. The van der Waals surface area contributed by atoms with Gasteiger partial charge in [-0.25, -0.2) is 4.79 Å². The molecule has 0 aliphatic carbocycles. The lowest BCUT2D eigenvalue weighted by Gasteiger charge is -2.39. The lowest BCUT2D eigenvalue weighted by atomic mass is 9.87. The van der Waals surface area contributed by atoms with E-state index in [4.69, 9.17) is 0 Å². The monoisotopic (exact) mass is 326 g/mol.